The van der Waals surface area contributed by atoms with Gasteiger partial charge in [0.05, 0.1) is 5.56 Å². The van der Waals surface area contributed by atoms with Gasteiger partial charge in [-0.1, -0.05) is 6.92 Å². The molecule has 0 spiro atoms. The van der Waals surface area contributed by atoms with Crippen LogP contribution in [-0.2, 0) is 6.42 Å². The molecule has 0 radical (unpaired) electrons. The van der Waals surface area contributed by atoms with Crippen molar-refractivity contribution in [2.45, 2.75) is 13.3 Å². The van der Waals surface area contributed by atoms with Crippen molar-refractivity contribution < 1.29 is 8.78 Å². The van der Waals surface area contributed by atoms with Crippen molar-refractivity contribution in [1.29, 1.82) is 5.26 Å². The van der Waals surface area contributed by atoms with Gasteiger partial charge in [0, 0.05) is 0 Å². The Balaban J connectivity index is 3.31. The third kappa shape index (κ3) is 1.42. The summed E-state index contributed by atoms with van der Waals surface area (Å²) in [5.41, 5.74) is 0.400. The molecule has 12 heavy (non-hydrogen) atoms. The maximum Gasteiger partial charge on any atom is 0.176 e. The van der Waals surface area contributed by atoms with Gasteiger partial charge in [-0.2, -0.15) is 5.26 Å². The molecule has 0 fully saturated rings. The summed E-state index contributed by atoms with van der Waals surface area (Å²) in [6.07, 6.45) is 0.589. The molecule has 1 aromatic rings. The standard InChI is InChI=1S/C9H7F2N/c1-2-6-3-7(5-12)9(11)8(10)4-6/h3-4H,2H2,1H3. The average Bonchev–Trinajstić information content (AvgIpc) is 2.09. The van der Waals surface area contributed by atoms with Crippen LogP contribution in [0.1, 0.15) is 18.1 Å². The van der Waals surface area contributed by atoms with Crippen molar-refractivity contribution in [2.75, 3.05) is 0 Å². The molecule has 62 valence electrons. The lowest BCUT2D eigenvalue weighted by Crippen LogP contribution is -1.93. The SMILES string of the molecule is CCc1cc(F)c(F)c(C#N)c1. The van der Waals surface area contributed by atoms with E-state index in [1.54, 1.807) is 6.07 Å². The lowest BCUT2D eigenvalue weighted by Gasteiger charge is -1.99. The lowest BCUT2D eigenvalue weighted by atomic mass is 10.1. The van der Waals surface area contributed by atoms with Crippen molar-refractivity contribution >= 4 is 0 Å². The van der Waals surface area contributed by atoms with Crippen LogP contribution in [0.15, 0.2) is 12.1 Å². The fraction of sp³-hybridized carbons (Fsp3) is 0.222. The molecule has 0 saturated carbocycles. The lowest BCUT2D eigenvalue weighted by molar-refractivity contribution is 0.505. The molecule has 0 aliphatic carbocycles. The van der Waals surface area contributed by atoms with Crippen LogP contribution in [0.25, 0.3) is 0 Å². The summed E-state index contributed by atoms with van der Waals surface area (Å²) in [6, 6.07) is 4.06. The molecule has 0 atom stereocenters. The van der Waals surface area contributed by atoms with E-state index < -0.39 is 11.6 Å². The van der Waals surface area contributed by atoms with Crippen LogP contribution >= 0.6 is 0 Å². The van der Waals surface area contributed by atoms with Crippen LogP contribution in [0.5, 0.6) is 0 Å². The van der Waals surface area contributed by atoms with Gasteiger partial charge in [0.15, 0.2) is 11.6 Å². The van der Waals surface area contributed by atoms with Gasteiger partial charge in [-0.05, 0) is 24.1 Å². The second-order valence-electron chi connectivity index (χ2n) is 2.40. The Hall–Kier alpha value is -1.43. The number of aryl methyl sites for hydroxylation is 1. The maximum atomic E-state index is 12.7. The summed E-state index contributed by atoms with van der Waals surface area (Å²) in [5.74, 6) is -2.01. The molecule has 1 nitrogen and oxygen atoms in total. The van der Waals surface area contributed by atoms with Crippen molar-refractivity contribution in [1.82, 2.24) is 0 Å². The first-order valence-electron chi connectivity index (χ1n) is 3.57. The molecule has 0 amide bonds. The van der Waals surface area contributed by atoms with Gasteiger partial charge >= 0.3 is 0 Å². The minimum Gasteiger partial charge on any atom is -0.204 e. The molecule has 0 N–H and O–H groups in total. The Labute approximate surface area is 69.2 Å². The van der Waals surface area contributed by atoms with Crippen LogP contribution in [0.3, 0.4) is 0 Å². The maximum absolute atomic E-state index is 12.7. The van der Waals surface area contributed by atoms with Crippen LogP contribution in [-0.4, -0.2) is 0 Å². The first kappa shape index (κ1) is 8.66. The minimum atomic E-state index is -1.06. The van der Waals surface area contributed by atoms with E-state index in [1.165, 1.54) is 6.07 Å². The Morgan fingerprint density at radius 3 is 2.58 bits per heavy atom. The fourth-order valence-electron chi connectivity index (χ4n) is 0.931. The van der Waals surface area contributed by atoms with Gasteiger partial charge in [0.1, 0.15) is 6.07 Å². The number of hydrogen-bond acceptors (Lipinski definition) is 1. The Morgan fingerprint density at radius 1 is 1.42 bits per heavy atom. The zero-order chi connectivity index (χ0) is 9.14. The van der Waals surface area contributed by atoms with Gasteiger partial charge in [-0.3, -0.25) is 0 Å². The topological polar surface area (TPSA) is 23.8 Å². The molecule has 0 aliphatic heterocycles. The zero-order valence-electron chi connectivity index (χ0n) is 6.56. The van der Waals surface area contributed by atoms with E-state index in [1.807, 2.05) is 6.92 Å². The smallest absolute Gasteiger partial charge is 0.176 e. The molecular formula is C9H7F2N. The fourth-order valence-corrected chi connectivity index (χ4v) is 0.931. The Morgan fingerprint density at radius 2 is 2.08 bits per heavy atom. The molecule has 1 rings (SSSR count). The Kier molecular flexibility index (Phi) is 2.39. The van der Waals surface area contributed by atoms with Gasteiger partial charge in [-0.25, -0.2) is 8.78 Å². The third-order valence-corrected chi connectivity index (χ3v) is 1.62. The quantitative estimate of drug-likeness (QED) is 0.630. The Bertz CT molecular complexity index is 339. The van der Waals surface area contributed by atoms with Crippen LogP contribution < -0.4 is 0 Å². The van der Waals surface area contributed by atoms with Crippen molar-refractivity contribution in [3.63, 3.8) is 0 Å². The monoisotopic (exact) mass is 167 g/mol. The minimum absolute atomic E-state index is 0.230. The van der Waals surface area contributed by atoms with E-state index in [4.69, 9.17) is 5.26 Å². The highest BCUT2D eigenvalue weighted by Crippen LogP contribution is 2.14. The van der Waals surface area contributed by atoms with Gasteiger partial charge in [-0.15, -0.1) is 0 Å². The molecule has 0 aliphatic rings. The molecule has 0 saturated heterocycles. The summed E-state index contributed by atoms with van der Waals surface area (Å²) in [5, 5.41) is 8.41. The first-order valence-corrected chi connectivity index (χ1v) is 3.57. The molecule has 0 aromatic heterocycles. The number of nitriles is 1. The van der Waals surface area contributed by atoms with Crippen LogP contribution in [0, 0.1) is 23.0 Å². The van der Waals surface area contributed by atoms with Gasteiger partial charge in [0.25, 0.3) is 0 Å². The number of halogens is 2. The largest absolute Gasteiger partial charge is 0.204 e. The molecule has 1 aromatic carbocycles. The number of nitrogens with zero attached hydrogens (tertiary/aromatic N) is 1. The normalized spacial score (nSPS) is 9.50. The zero-order valence-corrected chi connectivity index (χ0v) is 6.56. The third-order valence-electron chi connectivity index (χ3n) is 1.62. The second-order valence-corrected chi connectivity index (χ2v) is 2.40. The number of rotatable bonds is 1. The summed E-state index contributed by atoms with van der Waals surface area (Å²) >= 11 is 0. The van der Waals surface area contributed by atoms with Crippen molar-refractivity contribution in [3.05, 3.63) is 34.9 Å². The van der Waals surface area contributed by atoms with Gasteiger partial charge < -0.3 is 0 Å². The predicted octanol–water partition coefficient (Wildman–Crippen LogP) is 2.40. The summed E-state index contributed by atoms with van der Waals surface area (Å²) in [6.45, 7) is 1.81. The van der Waals surface area contributed by atoms with E-state index in [2.05, 4.69) is 0 Å². The predicted molar refractivity (Wildman–Crippen MR) is 40.5 cm³/mol. The highest BCUT2D eigenvalue weighted by atomic mass is 19.2. The first-order chi connectivity index (χ1) is 5.69. The summed E-state index contributed by atoms with van der Waals surface area (Å²) < 4.78 is 25.4. The highest BCUT2D eigenvalue weighted by Gasteiger charge is 2.08. The van der Waals surface area contributed by atoms with E-state index in [0.29, 0.717) is 12.0 Å². The second kappa shape index (κ2) is 3.31. The highest BCUT2D eigenvalue weighted by molar-refractivity contribution is 5.35. The van der Waals surface area contributed by atoms with E-state index >= 15 is 0 Å². The average molecular weight is 167 g/mol. The molecule has 3 heteroatoms. The molecule has 0 bridgehead atoms. The van der Waals surface area contributed by atoms with Crippen molar-refractivity contribution in [3.8, 4) is 6.07 Å². The molecule has 0 unspecified atom stereocenters. The van der Waals surface area contributed by atoms with E-state index in [0.717, 1.165) is 6.07 Å². The number of benzene rings is 1. The summed E-state index contributed by atoms with van der Waals surface area (Å²) in [7, 11) is 0. The number of hydrogen-bond donors (Lipinski definition) is 0. The van der Waals surface area contributed by atoms with E-state index in [9.17, 15) is 8.78 Å². The van der Waals surface area contributed by atoms with Gasteiger partial charge in [0.2, 0.25) is 0 Å². The summed E-state index contributed by atoms with van der Waals surface area (Å²) in [4.78, 5) is 0. The molecule has 0 heterocycles. The van der Waals surface area contributed by atoms with Crippen LogP contribution in [0.2, 0.25) is 0 Å². The van der Waals surface area contributed by atoms with E-state index in [-0.39, 0.29) is 5.56 Å². The molecular weight excluding hydrogens is 160 g/mol. The van der Waals surface area contributed by atoms with Crippen LogP contribution in [0.4, 0.5) is 8.78 Å². The van der Waals surface area contributed by atoms with Crippen molar-refractivity contribution in [2.24, 2.45) is 0 Å².